The van der Waals surface area contributed by atoms with Gasteiger partial charge in [-0.3, -0.25) is 0 Å². The predicted molar refractivity (Wildman–Crippen MR) is 82.5 cm³/mol. The Bertz CT molecular complexity index is 409. The van der Waals surface area contributed by atoms with Crippen molar-refractivity contribution in [3.63, 3.8) is 0 Å². The van der Waals surface area contributed by atoms with Gasteiger partial charge in [-0.2, -0.15) is 15.0 Å². The number of nitrogens with one attached hydrogen (secondary N) is 1. The van der Waals surface area contributed by atoms with Crippen molar-refractivity contribution >= 4 is 11.9 Å². The van der Waals surface area contributed by atoms with E-state index in [0.29, 0.717) is 23.9 Å². The molecule has 1 N–H and O–H groups in total. The zero-order chi connectivity index (χ0) is 15.1. The maximum Gasteiger partial charge on any atom is 0.323 e. The number of ether oxygens (including phenoxy) is 1. The molecule has 0 aliphatic rings. The van der Waals surface area contributed by atoms with Crippen LogP contribution in [-0.2, 0) is 0 Å². The molecule has 0 spiro atoms. The molecule has 6 nitrogen and oxygen atoms in total. The van der Waals surface area contributed by atoms with Crippen LogP contribution < -0.4 is 15.0 Å². The summed E-state index contributed by atoms with van der Waals surface area (Å²) in [4.78, 5) is 15.4. The molecule has 1 rings (SSSR count). The largest absolute Gasteiger partial charge is 0.461 e. The Morgan fingerprint density at radius 1 is 1.10 bits per heavy atom. The first-order chi connectivity index (χ1) is 9.47. The molecule has 0 aliphatic carbocycles. The van der Waals surface area contributed by atoms with Crippen molar-refractivity contribution in [1.82, 2.24) is 15.0 Å². The second kappa shape index (κ2) is 7.87. The van der Waals surface area contributed by atoms with Crippen molar-refractivity contribution in [3.05, 3.63) is 0 Å². The van der Waals surface area contributed by atoms with Crippen molar-refractivity contribution in [2.24, 2.45) is 0 Å². The van der Waals surface area contributed by atoms with Gasteiger partial charge in [0, 0.05) is 19.1 Å². The minimum Gasteiger partial charge on any atom is -0.461 e. The second-order valence-corrected chi connectivity index (χ2v) is 5.23. The lowest BCUT2D eigenvalue weighted by atomic mass is 10.3. The SMILES string of the molecule is CCCN(c1nc(NCC)nc(OC(C)C)n1)C(C)C. The van der Waals surface area contributed by atoms with Gasteiger partial charge in [0.15, 0.2) is 0 Å². The Labute approximate surface area is 122 Å². The molecule has 0 amide bonds. The fraction of sp³-hybridized carbons (Fsp3) is 0.786. The molecule has 20 heavy (non-hydrogen) atoms. The summed E-state index contributed by atoms with van der Waals surface area (Å²) < 4.78 is 5.62. The maximum absolute atomic E-state index is 5.62. The van der Waals surface area contributed by atoms with Crippen LogP contribution in [0.15, 0.2) is 0 Å². The van der Waals surface area contributed by atoms with E-state index in [1.54, 1.807) is 0 Å². The first-order valence-electron chi connectivity index (χ1n) is 7.41. The molecule has 0 bridgehead atoms. The average molecular weight is 281 g/mol. The molecule has 6 heteroatoms. The highest BCUT2D eigenvalue weighted by Crippen LogP contribution is 2.18. The first-order valence-corrected chi connectivity index (χ1v) is 7.41. The van der Waals surface area contributed by atoms with E-state index in [1.165, 1.54) is 0 Å². The fourth-order valence-corrected chi connectivity index (χ4v) is 1.81. The summed E-state index contributed by atoms with van der Waals surface area (Å²) in [6.45, 7) is 14.0. The van der Waals surface area contributed by atoms with Gasteiger partial charge < -0.3 is 15.0 Å². The number of nitrogens with zero attached hydrogens (tertiary/aromatic N) is 4. The molecule has 0 aliphatic heterocycles. The van der Waals surface area contributed by atoms with Crippen LogP contribution in [0.25, 0.3) is 0 Å². The highest BCUT2D eigenvalue weighted by Gasteiger charge is 2.16. The number of rotatable bonds is 8. The van der Waals surface area contributed by atoms with Crippen LogP contribution in [0.5, 0.6) is 6.01 Å². The summed E-state index contributed by atoms with van der Waals surface area (Å²) in [5.41, 5.74) is 0. The lowest BCUT2D eigenvalue weighted by Gasteiger charge is -2.26. The Kier molecular flexibility index (Phi) is 6.48. The van der Waals surface area contributed by atoms with Gasteiger partial charge in [-0.25, -0.2) is 0 Å². The van der Waals surface area contributed by atoms with Gasteiger partial charge in [0.25, 0.3) is 0 Å². The molecule has 0 radical (unpaired) electrons. The Balaban J connectivity index is 3.11. The Morgan fingerprint density at radius 2 is 1.80 bits per heavy atom. The molecule has 0 saturated carbocycles. The van der Waals surface area contributed by atoms with Crippen molar-refractivity contribution in [1.29, 1.82) is 0 Å². The van der Waals surface area contributed by atoms with Crippen LogP contribution in [0.1, 0.15) is 48.0 Å². The molecule has 0 unspecified atom stereocenters. The van der Waals surface area contributed by atoms with Crippen molar-refractivity contribution < 1.29 is 4.74 Å². The fourth-order valence-electron chi connectivity index (χ4n) is 1.81. The van der Waals surface area contributed by atoms with Gasteiger partial charge >= 0.3 is 6.01 Å². The molecule has 1 aromatic rings. The molecule has 114 valence electrons. The maximum atomic E-state index is 5.62. The molecule has 1 heterocycles. The Morgan fingerprint density at radius 3 is 2.30 bits per heavy atom. The number of hydrogen-bond acceptors (Lipinski definition) is 6. The number of anilines is 2. The highest BCUT2D eigenvalue weighted by molar-refractivity contribution is 5.39. The first kappa shape index (κ1) is 16.5. The van der Waals surface area contributed by atoms with E-state index in [-0.39, 0.29) is 6.10 Å². The molecule has 0 atom stereocenters. The van der Waals surface area contributed by atoms with Crippen molar-refractivity contribution in [3.8, 4) is 6.01 Å². The van der Waals surface area contributed by atoms with E-state index >= 15 is 0 Å². The average Bonchev–Trinajstić information content (AvgIpc) is 2.34. The van der Waals surface area contributed by atoms with Crippen LogP contribution in [0.3, 0.4) is 0 Å². The third kappa shape index (κ3) is 4.83. The lowest BCUT2D eigenvalue weighted by Crippen LogP contribution is -2.33. The number of aromatic nitrogens is 3. The summed E-state index contributed by atoms with van der Waals surface area (Å²) in [5.74, 6) is 1.23. The van der Waals surface area contributed by atoms with Gasteiger partial charge in [-0.05, 0) is 41.0 Å². The second-order valence-electron chi connectivity index (χ2n) is 5.23. The quantitative estimate of drug-likeness (QED) is 0.790. The van der Waals surface area contributed by atoms with Crippen LogP contribution in [-0.4, -0.2) is 40.2 Å². The topological polar surface area (TPSA) is 63.2 Å². The summed E-state index contributed by atoms with van der Waals surface area (Å²) in [6, 6.07) is 0.710. The van der Waals surface area contributed by atoms with Gasteiger partial charge in [0.2, 0.25) is 11.9 Å². The van der Waals surface area contributed by atoms with Gasteiger partial charge in [-0.15, -0.1) is 0 Å². The van der Waals surface area contributed by atoms with Gasteiger partial charge in [-0.1, -0.05) is 6.92 Å². The molecular formula is C14H27N5O. The van der Waals surface area contributed by atoms with Crippen LogP contribution >= 0.6 is 0 Å². The third-order valence-corrected chi connectivity index (χ3v) is 2.62. The predicted octanol–water partition coefficient (Wildman–Crippen LogP) is 2.72. The van der Waals surface area contributed by atoms with E-state index in [2.05, 4.69) is 45.9 Å². The van der Waals surface area contributed by atoms with Gasteiger partial charge in [0.1, 0.15) is 0 Å². The monoisotopic (exact) mass is 281 g/mol. The van der Waals surface area contributed by atoms with Gasteiger partial charge in [0.05, 0.1) is 6.10 Å². The number of hydrogen-bond donors (Lipinski definition) is 1. The standard InChI is InChI=1S/C14H27N5O/c1-7-9-19(10(3)4)13-16-12(15-8-2)17-14(18-13)20-11(5)6/h10-11H,7-9H2,1-6H3,(H,15,16,17,18). The molecule has 1 aromatic heterocycles. The third-order valence-electron chi connectivity index (χ3n) is 2.62. The van der Waals surface area contributed by atoms with Crippen LogP contribution in [0.4, 0.5) is 11.9 Å². The van der Waals surface area contributed by atoms with E-state index in [1.807, 2.05) is 20.8 Å². The van der Waals surface area contributed by atoms with E-state index < -0.39 is 0 Å². The smallest absolute Gasteiger partial charge is 0.323 e. The molecular weight excluding hydrogens is 254 g/mol. The van der Waals surface area contributed by atoms with Crippen LogP contribution in [0.2, 0.25) is 0 Å². The van der Waals surface area contributed by atoms with E-state index in [0.717, 1.165) is 19.5 Å². The summed E-state index contributed by atoms with van der Waals surface area (Å²) in [6.07, 6.45) is 1.08. The zero-order valence-electron chi connectivity index (χ0n) is 13.5. The minimum absolute atomic E-state index is 0.0402. The summed E-state index contributed by atoms with van der Waals surface area (Å²) >= 11 is 0. The van der Waals surface area contributed by atoms with Crippen molar-refractivity contribution in [2.75, 3.05) is 23.3 Å². The highest BCUT2D eigenvalue weighted by atomic mass is 16.5. The zero-order valence-corrected chi connectivity index (χ0v) is 13.5. The van der Waals surface area contributed by atoms with E-state index in [9.17, 15) is 0 Å². The normalized spacial score (nSPS) is 11.0. The molecule has 0 fully saturated rings. The Hall–Kier alpha value is -1.59. The summed E-state index contributed by atoms with van der Waals surface area (Å²) in [7, 11) is 0. The minimum atomic E-state index is 0.0402. The summed E-state index contributed by atoms with van der Waals surface area (Å²) in [5, 5.41) is 3.13. The van der Waals surface area contributed by atoms with Crippen molar-refractivity contribution in [2.45, 2.75) is 60.1 Å². The lowest BCUT2D eigenvalue weighted by molar-refractivity contribution is 0.222. The molecule has 0 saturated heterocycles. The van der Waals surface area contributed by atoms with E-state index in [4.69, 9.17) is 4.74 Å². The molecule has 0 aromatic carbocycles. The van der Waals surface area contributed by atoms with Crippen LogP contribution in [0, 0.1) is 0 Å².